The molecule has 3 rings (SSSR count). The van der Waals surface area contributed by atoms with E-state index in [4.69, 9.17) is 16.3 Å². The molecule has 1 atom stereocenters. The van der Waals surface area contributed by atoms with E-state index < -0.39 is 0 Å². The summed E-state index contributed by atoms with van der Waals surface area (Å²) in [6.07, 6.45) is 3.33. The van der Waals surface area contributed by atoms with E-state index in [0.717, 1.165) is 18.7 Å². The second-order valence-electron chi connectivity index (χ2n) is 6.40. The molecule has 1 aliphatic rings. The SMILES string of the molecule is CSc1ncc(Cl)c(C(=O)NC(CN2CCOCC2)c2ccc(C)cc2)n1. The molecule has 1 saturated heterocycles. The first-order valence-corrected chi connectivity index (χ1v) is 10.4. The molecule has 0 bridgehead atoms. The predicted octanol–water partition coefficient (Wildman–Crippen LogP) is 2.96. The Balaban J connectivity index is 1.81. The number of carbonyl (C=O) groups is 1. The third kappa shape index (κ3) is 5.42. The highest BCUT2D eigenvalue weighted by Gasteiger charge is 2.23. The van der Waals surface area contributed by atoms with Crippen LogP contribution in [0.4, 0.5) is 0 Å². The standard InChI is InChI=1S/C19H23ClN4O2S/c1-13-3-5-14(6-4-13)16(12-24-7-9-26-10-8-24)22-18(25)17-15(20)11-21-19(23-17)27-2/h3-6,11,16H,7-10,12H2,1-2H3,(H,22,25). The fourth-order valence-corrected chi connectivity index (χ4v) is 3.43. The van der Waals surface area contributed by atoms with Gasteiger partial charge in [-0.25, -0.2) is 9.97 Å². The van der Waals surface area contributed by atoms with Crippen LogP contribution >= 0.6 is 23.4 Å². The van der Waals surface area contributed by atoms with Crippen LogP contribution in [0.3, 0.4) is 0 Å². The number of hydrogen-bond acceptors (Lipinski definition) is 6. The van der Waals surface area contributed by atoms with Crippen molar-refractivity contribution in [2.24, 2.45) is 0 Å². The molecule has 0 saturated carbocycles. The van der Waals surface area contributed by atoms with Gasteiger partial charge in [0, 0.05) is 19.6 Å². The van der Waals surface area contributed by atoms with Crippen LogP contribution in [0.5, 0.6) is 0 Å². The van der Waals surface area contributed by atoms with Crippen molar-refractivity contribution in [2.75, 3.05) is 39.1 Å². The van der Waals surface area contributed by atoms with Crippen LogP contribution in [-0.4, -0.2) is 59.9 Å². The van der Waals surface area contributed by atoms with Gasteiger partial charge in [-0.2, -0.15) is 0 Å². The number of rotatable bonds is 6. The molecule has 8 heteroatoms. The maximum absolute atomic E-state index is 12.9. The van der Waals surface area contributed by atoms with E-state index in [0.29, 0.717) is 24.9 Å². The lowest BCUT2D eigenvalue weighted by Crippen LogP contribution is -2.43. The van der Waals surface area contributed by atoms with Crippen molar-refractivity contribution in [3.05, 3.63) is 52.3 Å². The summed E-state index contributed by atoms with van der Waals surface area (Å²) in [5, 5.41) is 3.87. The van der Waals surface area contributed by atoms with Crippen LogP contribution in [0.25, 0.3) is 0 Å². The predicted molar refractivity (Wildman–Crippen MR) is 107 cm³/mol. The van der Waals surface area contributed by atoms with Gasteiger partial charge >= 0.3 is 0 Å². The van der Waals surface area contributed by atoms with Crippen LogP contribution < -0.4 is 5.32 Å². The van der Waals surface area contributed by atoms with E-state index in [9.17, 15) is 4.79 Å². The molecule has 0 radical (unpaired) electrons. The largest absolute Gasteiger partial charge is 0.379 e. The molecule has 2 aromatic rings. The molecule has 1 aromatic carbocycles. The highest BCUT2D eigenvalue weighted by Crippen LogP contribution is 2.20. The Kier molecular flexibility index (Phi) is 7.07. The lowest BCUT2D eigenvalue weighted by molar-refractivity contribution is 0.0332. The van der Waals surface area contributed by atoms with E-state index in [1.807, 2.05) is 13.2 Å². The summed E-state index contributed by atoms with van der Waals surface area (Å²) >= 11 is 7.54. The minimum absolute atomic E-state index is 0.167. The first-order chi connectivity index (χ1) is 13.1. The summed E-state index contributed by atoms with van der Waals surface area (Å²) in [5.41, 5.74) is 2.43. The number of amides is 1. The smallest absolute Gasteiger partial charge is 0.272 e. The molecule has 2 heterocycles. The van der Waals surface area contributed by atoms with Crippen molar-refractivity contribution in [1.82, 2.24) is 20.2 Å². The highest BCUT2D eigenvalue weighted by molar-refractivity contribution is 7.98. The molecule has 1 aliphatic heterocycles. The summed E-state index contributed by atoms with van der Waals surface area (Å²) in [6, 6.07) is 8.04. The van der Waals surface area contributed by atoms with Crippen LogP contribution in [0.15, 0.2) is 35.6 Å². The van der Waals surface area contributed by atoms with Gasteiger partial charge in [-0.1, -0.05) is 53.2 Å². The summed E-state index contributed by atoms with van der Waals surface area (Å²) < 4.78 is 5.43. The Morgan fingerprint density at radius 1 is 1.33 bits per heavy atom. The van der Waals surface area contributed by atoms with Gasteiger partial charge in [0.1, 0.15) is 0 Å². The van der Waals surface area contributed by atoms with E-state index in [-0.39, 0.29) is 22.7 Å². The number of benzene rings is 1. The van der Waals surface area contributed by atoms with Crippen LogP contribution in [0.1, 0.15) is 27.7 Å². The second kappa shape index (κ2) is 9.50. The van der Waals surface area contributed by atoms with Crippen molar-refractivity contribution < 1.29 is 9.53 Å². The zero-order valence-electron chi connectivity index (χ0n) is 15.4. The maximum atomic E-state index is 12.9. The number of aryl methyl sites for hydroxylation is 1. The van der Waals surface area contributed by atoms with Gasteiger partial charge < -0.3 is 10.1 Å². The molecule has 6 nitrogen and oxygen atoms in total. The summed E-state index contributed by atoms with van der Waals surface area (Å²) in [7, 11) is 0. The molecule has 0 aliphatic carbocycles. The zero-order chi connectivity index (χ0) is 19.2. The van der Waals surface area contributed by atoms with Crippen molar-refractivity contribution in [2.45, 2.75) is 18.1 Å². The molecule has 144 valence electrons. The molecular weight excluding hydrogens is 384 g/mol. The number of halogens is 1. The molecule has 0 spiro atoms. The third-order valence-corrected chi connectivity index (χ3v) is 5.29. The summed E-state index contributed by atoms with van der Waals surface area (Å²) in [6.45, 7) is 5.87. The van der Waals surface area contributed by atoms with Crippen molar-refractivity contribution in [1.29, 1.82) is 0 Å². The van der Waals surface area contributed by atoms with Gasteiger partial charge in [-0.3, -0.25) is 9.69 Å². The Bertz CT molecular complexity index is 782. The minimum atomic E-state index is -0.295. The third-order valence-electron chi connectivity index (χ3n) is 4.45. The van der Waals surface area contributed by atoms with E-state index >= 15 is 0 Å². The Labute approximate surface area is 168 Å². The molecule has 1 aromatic heterocycles. The van der Waals surface area contributed by atoms with Crippen LogP contribution in [0.2, 0.25) is 5.02 Å². The Morgan fingerprint density at radius 2 is 2.04 bits per heavy atom. The van der Waals surface area contributed by atoms with E-state index in [2.05, 4.69) is 44.5 Å². The van der Waals surface area contributed by atoms with Crippen molar-refractivity contribution in [3.8, 4) is 0 Å². The number of carbonyl (C=O) groups excluding carboxylic acids is 1. The summed E-state index contributed by atoms with van der Waals surface area (Å²) in [4.78, 5) is 23.6. The molecular formula is C19H23ClN4O2S. The second-order valence-corrected chi connectivity index (χ2v) is 7.58. The fraction of sp³-hybridized carbons (Fsp3) is 0.421. The number of nitrogens with zero attached hydrogens (tertiary/aromatic N) is 3. The van der Waals surface area contributed by atoms with Gasteiger partial charge in [0.15, 0.2) is 10.9 Å². The van der Waals surface area contributed by atoms with Crippen molar-refractivity contribution in [3.63, 3.8) is 0 Å². The van der Waals surface area contributed by atoms with Gasteiger partial charge in [0.25, 0.3) is 5.91 Å². The van der Waals surface area contributed by atoms with Crippen LogP contribution in [-0.2, 0) is 4.74 Å². The first kappa shape index (κ1) is 20.1. The monoisotopic (exact) mass is 406 g/mol. The number of thioether (sulfide) groups is 1. The lowest BCUT2D eigenvalue weighted by Gasteiger charge is -2.31. The molecule has 1 N–H and O–H groups in total. The topological polar surface area (TPSA) is 67.4 Å². The first-order valence-electron chi connectivity index (χ1n) is 8.81. The number of morpholine rings is 1. The van der Waals surface area contributed by atoms with Gasteiger partial charge in [0.05, 0.1) is 30.5 Å². The normalized spacial score (nSPS) is 16.1. The quantitative estimate of drug-likeness (QED) is 0.587. The van der Waals surface area contributed by atoms with E-state index in [1.165, 1.54) is 23.5 Å². The lowest BCUT2D eigenvalue weighted by atomic mass is 10.0. The molecule has 1 amide bonds. The Morgan fingerprint density at radius 3 is 2.70 bits per heavy atom. The van der Waals surface area contributed by atoms with Gasteiger partial charge in [-0.05, 0) is 18.7 Å². The molecule has 1 unspecified atom stereocenters. The zero-order valence-corrected chi connectivity index (χ0v) is 17.0. The number of aromatic nitrogens is 2. The Hall–Kier alpha value is -1.67. The van der Waals surface area contributed by atoms with Crippen LogP contribution in [0, 0.1) is 6.92 Å². The number of ether oxygens (including phenoxy) is 1. The van der Waals surface area contributed by atoms with Gasteiger partial charge in [0.2, 0.25) is 0 Å². The average molecular weight is 407 g/mol. The number of nitrogens with one attached hydrogen (secondary N) is 1. The minimum Gasteiger partial charge on any atom is -0.379 e. The highest BCUT2D eigenvalue weighted by atomic mass is 35.5. The fourth-order valence-electron chi connectivity index (χ4n) is 2.91. The number of hydrogen-bond donors (Lipinski definition) is 1. The average Bonchev–Trinajstić information content (AvgIpc) is 2.69. The van der Waals surface area contributed by atoms with Gasteiger partial charge in [-0.15, -0.1) is 0 Å². The summed E-state index contributed by atoms with van der Waals surface area (Å²) in [5.74, 6) is -0.295. The van der Waals surface area contributed by atoms with E-state index in [1.54, 1.807) is 0 Å². The maximum Gasteiger partial charge on any atom is 0.272 e. The molecule has 27 heavy (non-hydrogen) atoms. The molecule has 1 fully saturated rings. The van der Waals surface area contributed by atoms with Crippen molar-refractivity contribution >= 4 is 29.3 Å².